The lowest BCUT2D eigenvalue weighted by Gasteiger charge is -2.11. The lowest BCUT2D eigenvalue weighted by atomic mass is 10.1. The van der Waals surface area contributed by atoms with Crippen LogP contribution in [-0.2, 0) is 10.1 Å². The number of carbonyl (C=O) groups is 1. The van der Waals surface area contributed by atoms with Crippen LogP contribution in [0.4, 0.5) is 0 Å². The fourth-order valence-corrected chi connectivity index (χ4v) is 2.21. The van der Waals surface area contributed by atoms with Gasteiger partial charge in [-0.25, -0.2) is 9.78 Å². The summed E-state index contributed by atoms with van der Waals surface area (Å²) in [5, 5.41) is 0.801. The second kappa shape index (κ2) is 5.98. The highest BCUT2D eigenvalue weighted by molar-refractivity contribution is 9.10. The number of rotatable bonds is 3. The number of pyridine rings is 1. The topological polar surface area (TPSA) is 39.2 Å². The molecular formula is C10H10Br2ClNO2. The molecule has 0 N–H and O–H groups in total. The molecule has 1 aromatic rings. The molecule has 0 saturated carbocycles. The zero-order valence-electron chi connectivity index (χ0n) is 8.81. The van der Waals surface area contributed by atoms with Gasteiger partial charge in [0.2, 0.25) is 0 Å². The molecule has 88 valence electrons. The van der Waals surface area contributed by atoms with Crippen LogP contribution in [0.3, 0.4) is 0 Å². The summed E-state index contributed by atoms with van der Waals surface area (Å²) in [5.74, 6) is -0.376. The van der Waals surface area contributed by atoms with Gasteiger partial charge in [0.15, 0.2) is 0 Å². The SMILES string of the molecule is CCOC(=O)c1c(CBr)nc(Cl)c(Br)c1C. The van der Waals surface area contributed by atoms with Crippen molar-refractivity contribution in [1.82, 2.24) is 4.98 Å². The molecule has 0 saturated heterocycles. The Morgan fingerprint density at radius 1 is 1.56 bits per heavy atom. The van der Waals surface area contributed by atoms with Crippen LogP contribution in [0, 0.1) is 6.92 Å². The zero-order valence-corrected chi connectivity index (χ0v) is 12.7. The average Bonchev–Trinajstić information content (AvgIpc) is 2.25. The maximum atomic E-state index is 11.8. The fourth-order valence-electron chi connectivity index (χ4n) is 1.28. The second-order valence-corrected chi connectivity index (χ2v) is 4.73. The van der Waals surface area contributed by atoms with E-state index in [2.05, 4.69) is 36.8 Å². The molecule has 0 aromatic carbocycles. The minimum Gasteiger partial charge on any atom is -0.462 e. The zero-order chi connectivity index (χ0) is 12.3. The van der Waals surface area contributed by atoms with Gasteiger partial charge in [0.25, 0.3) is 0 Å². The highest BCUT2D eigenvalue weighted by Gasteiger charge is 2.20. The van der Waals surface area contributed by atoms with Crippen molar-refractivity contribution in [3.63, 3.8) is 0 Å². The van der Waals surface area contributed by atoms with Crippen LogP contribution in [0.15, 0.2) is 4.47 Å². The number of hydrogen-bond acceptors (Lipinski definition) is 3. The Bertz CT molecular complexity index is 424. The first-order valence-corrected chi connectivity index (χ1v) is 6.89. The van der Waals surface area contributed by atoms with Gasteiger partial charge in [-0.1, -0.05) is 27.5 Å². The monoisotopic (exact) mass is 369 g/mol. The first-order valence-electron chi connectivity index (χ1n) is 4.60. The number of hydrogen-bond donors (Lipinski definition) is 0. The molecule has 1 aromatic heterocycles. The largest absolute Gasteiger partial charge is 0.462 e. The van der Waals surface area contributed by atoms with Crippen LogP contribution in [0.2, 0.25) is 5.15 Å². The summed E-state index contributed by atoms with van der Waals surface area (Å²) in [6, 6.07) is 0. The molecule has 0 unspecified atom stereocenters. The molecule has 0 aliphatic rings. The second-order valence-electron chi connectivity index (χ2n) is 3.02. The van der Waals surface area contributed by atoms with Crippen molar-refractivity contribution in [2.45, 2.75) is 19.2 Å². The molecule has 6 heteroatoms. The minimum atomic E-state index is -0.376. The van der Waals surface area contributed by atoms with E-state index in [1.165, 1.54) is 0 Å². The van der Waals surface area contributed by atoms with Gasteiger partial charge in [-0.05, 0) is 35.3 Å². The smallest absolute Gasteiger partial charge is 0.340 e. The van der Waals surface area contributed by atoms with Crippen molar-refractivity contribution in [3.8, 4) is 0 Å². The van der Waals surface area contributed by atoms with Gasteiger partial charge in [-0.2, -0.15) is 0 Å². The molecule has 16 heavy (non-hydrogen) atoms. The van der Waals surface area contributed by atoms with Gasteiger partial charge < -0.3 is 4.74 Å². The van der Waals surface area contributed by atoms with Gasteiger partial charge in [0, 0.05) is 5.33 Å². The summed E-state index contributed by atoms with van der Waals surface area (Å²) in [6.07, 6.45) is 0. The molecule has 3 nitrogen and oxygen atoms in total. The Morgan fingerprint density at radius 2 is 2.19 bits per heavy atom. The van der Waals surface area contributed by atoms with E-state index in [9.17, 15) is 4.79 Å². The number of alkyl halides is 1. The molecule has 0 radical (unpaired) electrons. The molecular weight excluding hydrogens is 361 g/mol. The molecule has 0 spiro atoms. The van der Waals surface area contributed by atoms with Crippen LogP contribution >= 0.6 is 43.5 Å². The molecule has 0 bridgehead atoms. The quantitative estimate of drug-likeness (QED) is 0.460. The van der Waals surface area contributed by atoms with Gasteiger partial charge >= 0.3 is 5.97 Å². The summed E-state index contributed by atoms with van der Waals surface area (Å²) in [5.41, 5.74) is 1.80. The highest BCUT2D eigenvalue weighted by atomic mass is 79.9. The molecule has 0 aliphatic heterocycles. The summed E-state index contributed by atoms with van der Waals surface area (Å²) >= 11 is 12.5. The Morgan fingerprint density at radius 3 is 2.69 bits per heavy atom. The van der Waals surface area contributed by atoms with E-state index in [-0.39, 0.29) is 5.97 Å². The van der Waals surface area contributed by atoms with Gasteiger partial charge in [-0.3, -0.25) is 0 Å². The first kappa shape index (κ1) is 13.9. The Kier molecular flexibility index (Phi) is 5.21. The Labute approximate surface area is 116 Å². The van der Waals surface area contributed by atoms with Gasteiger partial charge in [-0.15, -0.1) is 0 Å². The molecule has 0 atom stereocenters. The van der Waals surface area contributed by atoms with E-state index in [0.717, 1.165) is 5.56 Å². The predicted molar refractivity (Wildman–Crippen MR) is 70.3 cm³/mol. The maximum Gasteiger partial charge on any atom is 0.340 e. The van der Waals surface area contributed by atoms with Crippen molar-refractivity contribution >= 4 is 49.4 Å². The number of nitrogens with zero attached hydrogens (tertiary/aromatic N) is 1. The molecule has 0 aliphatic carbocycles. The van der Waals surface area contributed by atoms with E-state index in [0.29, 0.717) is 32.8 Å². The normalized spacial score (nSPS) is 10.3. The van der Waals surface area contributed by atoms with Crippen molar-refractivity contribution in [3.05, 3.63) is 26.4 Å². The third-order valence-electron chi connectivity index (χ3n) is 2.01. The Hall–Kier alpha value is -0.130. The molecule has 1 rings (SSSR count). The number of ether oxygens (including phenoxy) is 1. The van der Waals surface area contributed by atoms with Crippen molar-refractivity contribution < 1.29 is 9.53 Å². The van der Waals surface area contributed by atoms with Crippen molar-refractivity contribution in [1.29, 1.82) is 0 Å². The number of esters is 1. The minimum absolute atomic E-state index is 0.334. The summed E-state index contributed by atoms with van der Waals surface area (Å²) in [7, 11) is 0. The van der Waals surface area contributed by atoms with E-state index in [1.54, 1.807) is 13.8 Å². The fraction of sp³-hybridized carbons (Fsp3) is 0.400. The number of carbonyl (C=O) groups excluding carboxylic acids is 1. The highest BCUT2D eigenvalue weighted by Crippen LogP contribution is 2.29. The summed E-state index contributed by atoms with van der Waals surface area (Å²) in [4.78, 5) is 15.9. The van der Waals surface area contributed by atoms with Crippen LogP contribution in [0.5, 0.6) is 0 Å². The third kappa shape index (κ3) is 2.76. The van der Waals surface area contributed by atoms with Gasteiger partial charge in [0.05, 0.1) is 22.3 Å². The van der Waals surface area contributed by atoms with Crippen molar-refractivity contribution in [2.75, 3.05) is 6.61 Å². The predicted octanol–water partition coefficient (Wildman–Crippen LogP) is 3.88. The summed E-state index contributed by atoms with van der Waals surface area (Å²) in [6.45, 7) is 3.90. The number of halogens is 3. The van der Waals surface area contributed by atoms with E-state index < -0.39 is 0 Å². The standard InChI is InChI=1S/C10H10Br2ClNO2/c1-3-16-10(15)7-5(2)8(12)9(13)14-6(7)4-11/h3-4H2,1-2H3. The molecule has 0 amide bonds. The summed E-state index contributed by atoms with van der Waals surface area (Å²) < 4.78 is 5.61. The lowest BCUT2D eigenvalue weighted by molar-refractivity contribution is 0.0524. The molecule has 1 heterocycles. The maximum absolute atomic E-state index is 11.8. The van der Waals surface area contributed by atoms with Crippen LogP contribution in [0.1, 0.15) is 28.5 Å². The van der Waals surface area contributed by atoms with Crippen molar-refractivity contribution in [2.24, 2.45) is 0 Å². The lowest BCUT2D eigenvalue weighted by Crippen LogP contribution is -2.12. The average molecular weight is 371 g/mol. The van der Waals surface area contributed by atoms with E-state index in [1.807, 2.05) is 0 Å². The van der Waals surface area contributed by atoms with E-state index >= 15 is 0 Å². The first-order chi connectivity index (χ1) is 7.52. The third-order valence-corrected chi connectivity index (χ3v) is 4.02. The van der Waals surface area contributed by atoms with E-state index in [4.69, 9.17) is 16.3 Å². The molecule has 0 fully saturated rings. The number of aromatic nitrogens is 1. The van der Waals surface area contributed by atoms with Crippen LogP contribution in [0.25, 0.3) is 0 Å². The van der Waals surface area contributed by atoms with Gasteiger partial charge in [0.1, 0.15) is 5.15 Å². The Balaban J connectivity index is 3.35. The van der Waals surface area contributed by atoms with Crippen LogP contribution in [-0.4, -0.2) is 17.6 Å². The van der Waals surface area contributed by atoms with Crippen LogP contribution < -0.4 is 0 Å².